The number of nitrogens with two attached hydrogens (primary N) is 1. The standard InChI is InChI=1S/C17H28N4/c1-17(2,3)20-16(18)19-13-15(21-11-7-8-12-21)14-9-5-4-6-10-14/h4-6,9-10,15H,7-8,11-13H2,1-3H3,(H3,18,19,20). The van der Waals surface area contributed by atoms with Crippen molar-refractivity contribution in [3.63, 3.8) is 0 Å². The van der Waals surface area contributed by atoms with E-state index in [0.29, 0.717) is 18.5 Å². The van der Waals surface area contributed by atoms with E-state index in [1.807, 2.05) is 0 Å². The fourth-order valence-electron chi connectivity index (χ4n) is 2.77. The Balaban J connectivity index is 2.08. The van der Waals surface area contributed by atoms with Crippen LogP contribution in [-0.4, -0.2) is 36.0 Å². The number of likely N-dealkylation sites (tertiary alicyclic amines) is 1. The molecule has 0 saturated carbocycles. The van der Waals surface area contributed by atoms with Gasteiger partial charge in [0.2, 0.25) is 0 Å². The average Bonchev–Trinajstić information content (AvgIpc) is 2.92. The molecule has 1 saturated heterocycles. The van der Waals surface area contributed by atoms with E-state index >= 15 is 0 Å². The van der Waals surface area contributed by atoms with Crippen LogP contribution < -0.4 is 11.1 Å². The molecule has 4 nitrogen and oxygen atoms in total. The lowest BCUT2D eigenvalue weighted by molar-refractivity contribution is 0.251. The monoisotopic (exact) mass is 288 g/mol. The normalized spacial score (nSPS) is 18.7. The van der Waals surface area contributed by atoms with Crippen molar-refractivity contribution >= 4 is 5.96 Å². The Morgan fingerprint density at radius 1 is 1.24 bits per heavy atom. The molecule has 1 heterocycles. The van der Waals surface area contributed by atoms with Crippen molar-refractivity contribution in [2.75, 3.05) is 19.6 Å². The van der Waals surface area contributed by atoms with Crippen LogP contribution in [0.3, 0.4) is 0 Å². The maximum Gasteiger partial charge on any atom is 0.189 e. The maximum atomic E-state index is 6.01. The number of nitrogens with zero attached hydrogens (tertiary/aromatic N) is 2. The lowest BCUT2D eigenvalue weighted by atomic mass is 10.1. The highest BCUT2D eigenvalue weighted by atomic mass is 15.2. The molecule has 116 valence electrons. The van der Waals surface area contributed by atoms with Crippen molar-refractivity contribution in [3.8, 4) is 0 Å². The van der Waals surface area contributed by atoms with Gasteiger partial charge in [0, 0.05) is 5.54 Å². The summed E-state index contributed by atoms with van der Waals surface area (Å²) in [5, 5.41) is 3.23. The van der Waals surface area contributed by atoms with Crippen LogP contribution in [0.4, 0.5) is 0 Å². The van der Waals surface area contributed by atoms with Crippen LogP contribution in [0.15, 0.2) is 35.3 Å². The predicted molar refractivity (Wildman–Crippen MR) is 89.4 cm³/mol. The number of hydrogen-bond acceptors (Lipinski definition) is 2. The molecule has 4 heteroatoms. The van der Waals surface area contributed by atoms with Crippen LogP contribution in [-0.2, 0) is 0 Å². The van der Waals surface area contributed by atoms with Gasteiger partial charge in [0.25, 0.3) is 0 Å². The zero-order valence-electron chi connectivity index (χ0n) is 13.5. The summed E-state index contributed by atoms with van der Waals surface area (Å²) < 4.78 is 0. The lowest BCUT2D eigenvalue weighted by Gasteiger charge is -2.27. The summed E-state index contributed by atoms with van der Waals surface area (Å²) in [6.45, 7) is 9.28. The molecule has 2 rings (SSSR count). The molecule has 0 aliphatic carbocycles. The van der Waals surface area contributed by atoms with Gasteiger partial charge in [-0.15, -0.1) is 0 Å². The Kier molecular flexibility index (Phi) is 5.23. The summed E-state index contributed by atoms with van der Waals surface area (Å²) in [5.41, 5.74) is 7.28. The summed E-state index contributed by atoms with van der Waals surface area (Å²) >= 11 is 0. The van der Waals surface area contributed by atoms with Crippen molar-refractivity contribution in [1.82, 2.24) is 10.2 Å². The quantitative estimate of drug-likeness (QED) is 0.661. The molecule has 0 radical (unpaired) electrons. The minimum absolute atomic E-state index is 0.0521. The van der Waals surface area contributed by atoms with Gasteiger partial charge in [-0.1, -0.05) is 30.3 Å². The van der Waals surface area contributed by atoms with E-state index in [-0.39, 0.29) is 5.54 Å². The van der Waals surface area contributed by atoms with E-state index in [0.717, 1.165) is 13.1 Å². The molecule has 1 aromatic carbocycles. The average molecular weight is 288 g/mol. The third-order valence-corrected chi connectivity index (χ3v) is 3.70. The number of nitrogens with one attached hydrogen (secondary N) is 1. The van der Waals surface area contributed by atoms with Crippen molar-refractivity contribution < 1.29 is 0 Å². The van der Waals surface area contributed by atoms with Crippen LogP contribution in [0.1, 0.15) is 45.2 Å². The molecule has 0 aromatic heterocycles. The van der Waals surface area contributed by atoms with Gasteiger partial charge in [0.15, 0.2) is 5.96 Å². The highest BCUT2D eigenvalue weighted by Crippen LogP contribution is 2.25. The van der Waals surface area contributed by atoms with E-state index in [1.165, 1.54) is 18.4 Å². The second-order valence-corrected chi connectivity index (χ2v) is 6.77. The molecular weight excluding hydrogens is 260 g/mol. The molecule has 1 fully saturated rings. The second-order valence-electron chi connectivity index (χ2n) is 6.77. The Hall–Kier alpha value is -1.55. The Labute approximate surface area is 128 Å². The van der Waals surface area contributed by atoms with E-state index in [9.17, 15) is 0 Å². The molecule has 1 aliphatic rings. The summed E-state index contributed by atoms with van der Waals surface area (Å²) in [7, 11) is 0. The van der Waals surface area contributed by atoms with Gasteiger partial charge in [-0.25, -0.2) is 0 Å². The lowest BCUT2D eigenvalue weighted by Crippen LogP contribution is -2.45. The van der Waals surface area contributed by atoms with Crippen LogP contribution in [0, 0.1) is 0 Å². The van der Waals surface area contributed by atoms with Gasteiger partial charge in [0.1, 0.15) is 0 Å². The summed E-state index contributed by atoms with van der Waals surface area (Å²) in [6.07, 6.45) is 2.56. The summed E-state index contributed by atoms with van der Waals surface area (Å²) in [5.74, 6) is 0.530. The molecule has 1 unspecified atom stereocenters. The molecule has 21 heavy (non-hydrogen) atoms. The molecule has 0 bridgehead atoms. The van der Waals surface area contributed by atoms with Crippen LogP contribution in [0.25, 0.3) is 0 Å². The number of aliphatic imine (C=N–C) groups is 1. The fraction of sp³-hybridized carbons (Fsp3) is 0.588. The van der Waals surface area contributed by atoms with E-state index in [2.05, 4.69) is 66.3 Å². The number of benzene rings is 1. The molecule has 1 atom stereocenters. The maximum absolute atomic E-state index is 6.01. The third kappa shape index (κ3) is 5.05. The first-order chi connectivity index (χ1) is 9.96. The zero-order chi connectivity index (χ0) is 15.3. The highest BCUT2D eigenvalue weighted by molar-refractivity contribution is 5.78. The van der Waals surface area contributed by atoms with E-state index in [4.69, 9.17) is 5.73 Å². The smallest absolute Gasteiger partial charge is 0.189 e. The topological polar surface area (TPSA) is 53.6 Å². The van der Waals surface area contributed by atoms with Crippen LogP contribution in [0.2, 0.25) is 0 Å². The Bertz CT molecular complexity index is 455. The number of hydrogen-bond donors (Lipinski definition) is 2. The first kappa shape index (κ1) is 15.8. The summed E-state index contributed by atoms with van der Waals surface area (Å²) in [4.78, 5) is 7.09. The number of rotatable bonds is 4. The van der Waals surface area contributed by atoms with E-state index < -0.39 is 0 Å². The largest absolute Gasteiger partial charge is 0.370 e. The molecule has 0 amide bonds. The minimum Gasteiger partial charge on any atom is -0.370 e. The van der Waals surface area contributed by atoms with E-state index in [1.54, 1.807) is 0 Å². The van der Waals surface area contributed by atoms with Crippen molar-refractivity contribution in [2.45, 2.75) is 45.2 Å². The predicted octanol–water partition coefficient (Wildman–Crippen LogP) is 2.53. The van der Waals surface area contributed by atoms with Gasteiger partial charge in [-0.05, 0) is 52.3 Å². The fourth-order valence-corrected chi connectivity index (χ4v) is 2.77. The molecule has 1 aliphatic heterocycles. The van der Waals surface area contributed by atoms with Crippen molar-refractivity contribution in [3.05, 3.63) is 35.9 Å². The van der Waals surface area contributed by atoms with Gasteiger partial charge in [-0.2, -0.15) is 0 Å². The van der Waals surface area contributed by atoms with Gasteiger partial charge < -0.3 is 11.1 Å². The van der Waals surface area contributed by atoms with Crippen molar-refractivity contribution in [2.24, 2.45) is 10.7 Å². The Morgan fingerprint density at radius 3 is 2.43 bits per heavy atom. The van der Waals surface area contributed by atoms with Gasteiger partial charge >= 0.3 is 0 Å². The third-order valence-electron chi connectivity index (χ3n) is 3.70. The number of guanidine groups is 1. The van der Waals surface area contributed by atoms with Gasteiger partial charge in [-0.3, -0.25) is 9.89 Å². The van der Waals surface area contributed by atoms with Crippen LogP contribution >= 0.6 is 0 Å². The molecule has 0 spiro atoms. The molecule has 1 aromatic rings. The first-order valence-corrected chi connectivity index (χ1v) is 7.83. The SMILES string of the molecule is CC(C)(C)NC(N)=NCC(c1ccccc1)N1CCCC1. The van der Waals surface area contributed by atoms with Crippen LogP contribution in [0.5, 0.6) is 0 Å². The minimum atomic E-state index is -0.0521. The Morgan fingerprint density at radius 2 is 1.86 bits per heavy atom. The van der Waals surface area contributed by atoms with Crippen molar-refractivity contribution in [1.29, 1.82) is 0 Å². The van der Waals surface area contributed by atoms with Gasteiger partial charge in [0.05, 0.1) is 12.6 Å². The molecular formula is C17H28N4. The summed E-state index contributed by atoms with van der Waals surface area (Å²) in [6, 6.07) is 11.0. The zero-order valence-corrected chi connectivity index (χ0v) is 13.5. The first-order valence-electron chi connectivity index (χ1n) is 7.83. The molecule has 3 N–H and O–H groups in total. The highest BCUT2D eigenvalue weighted by Gasteiger charge is 2.23. The second kappa shape index (κ2) is 6.94.